The summed E-state index contributed by atoms with van der Waals surface area (Å²) in [6.07, 6.45) is 3.43. The van der Waals surface area contributed by atoms with Crippen molar-refractivity contribution < 1.29 is 4.74 Å². The fraction of sp³-hybridized carbons (Fsp3) is 0.333. The lowest BCUT2D eigenvalue weighted by Crippen LogP contribution is -2.14. The van der Waals surface area contributed by atoms with E-state index in [9.17, 15) is 0 Å². The number of nitrogens with two attached hydrogens (primary N) is 2. The number of aromatic nitrogens is 2. The van der Waals surface area contributed by atoms with E-state index >= 15 is 0 Å². The third kappa shape index (κ3) is 5.28. The molecule has 0 atom stereocenters. The molecule has 124 valence electrons. The number of hydrazine groups is 2. The molecular formula is C15H23N7O. The van der Waals surface area contributed by atoms with Crippen LogP contribution in [0.15, 0.2) is 30.3 Å². The molecule has 0 unspecified atom stereocenters. The first kappa shape index (κ1) is 16.8. The standard InChI is InChI=1S/C15H23N7O/c1-2-3-4-9-23-12-7-5-11(6-8-12)18-15-19-13(21-16)10-14(20-15)22-17/h5-8,10H,2-4,9,16-17H2,1H3,(H3,18,19,20,21,22). The van der Waals surface area contributed by atoms with Gasteiger partial charge in [-0.25, -0.2) is 11.7 Å². The lowest BCUT2D eigenvalue weighted by molar-refractivity contribution is 0.306. The first-order valence-electron chi connectivity index (χ1n) is 7.57. The van der Waals surface area contributed by atoms with Crippen LogP contribution in [0.1, 0.15) is 26.2 Å². The highest BCUT2D eigenvalue weighted by Gasteiger charge is 2.04. The number of anilines is 4. The Balaban J connectivity index is 1.97. The molecule has 2 rings (SSSR count). The largest absolute Gasteiger partial charge is 0.494 e. The summed E-state index contributed by atoms with van der Waals surface area (Å²) in [4.78, 5) is 8.40. The Morgan fingerprint density at radius 1 is 1.00 bits per heavy atom. The zero-order valence-electron chi connectivity index (χ0n) is 13.2. The highest BCUT2D eigenvalue weighted by atomic mass is 16.5. The molecule has 2 aromatic rings. The minimum Gasteiger partial charge on any atom is -0.494 e. The van der Waals surface area contributed by atoms with E-state index in [4.69, 9.17) is 16.4 Å². The van der Waals surface area contributed by atoms with Gasteiger partial charge in [-0.05, 0) is 30.7 Å². The average Bonchev–Trinajstić information content (AvgIpc) is 2.59. The van der Waals surface area contributed by atoms with Crippen LogP contribution >= 0.6 is 0 Å². The summed E-state index contributed by atoms with van der Waals surface area (Å²) in [7, 11) is 0. The molecule has 1 heterocycles. The summed E-state index contributed by atoms with van der Waals surface area (Å²) in [5.74, 6) is 12.9. The normalized spacial score (nSPS) is 10.2. The van der Waals surface area contributed by atoms with Gasteiger partial charge in [-0.2, -0.15) is 9.97 Å². The van der Waals surface area contributed by atoms with Crippen molar-refractivity contribution in [3.63, 3.8) is 0 Å². The van der Waals surface area contributed by atoms with Gasteiger partial charge in [0.05, 0.1) is 6.61 Å². The van der Waals surface area contributed by atoms with Gasteiger partial charge >= 0.3 is 0 Å². The van der Waals surface area contributed by atoms with Gasteiger partial charge in [0.1, 0.15) is 17.4 Å². The van der Waals surface area contributed by atoms with Gasteiger partial charge in [0.15, 0.2) is 0 Å². The zero-order chi connectivity index (χ0) is 16.5. The van der Waals surface area contributed by atoms with Gasteiger partial charge in [-0.1, -0.05) is 19.8 Å². The third-order valence-electron chi connectivity index (χ3n) is 3.15. The van der Waals surface area contributed by atoms with Crippen LogP contribution in [0.4, 0.5) is 23.3 Å². The predicted molar refractivity (Wildman–Crippen MR) is 92.4 cm³/mol. The Morgan fingerprint density at radius 3 is 2.22 bits per heavy atom. The number of nitrogens with one attached hydrogen (secondary N) is 3. The lowest BCUT2D eigenvalue weighted by atomic mass is 10.2. The Hall–Kier alpha value is -2.58. The van der Waals surface area contributed by atoms with Crippen LogP contribution in [0.5, 0.6) is 5.75 Å². The molecule has 23 heavy (non-hydrogen) atoms. The van der Waals surface area contributed by atoms with Gasteiger partial charge in [0, 0.05) is 11.8 Å². The molecular weight excluding hydrogens is 294 g/mol. The molecule has 0 radical (unpaired) electrons. The molecule has 0 spiro atoms. The second-order valence-electron chi connectivity index (χ2n) is 4.96. The molecule has 0 bridgehead atoms. The SMILES string of the molecule is CCCCCOc1ccc(Nc2nc(NN)cc(NN)n2)cc1. The van der Waals surface area contributed by atoms with Crippen molar-refractivity contribution in [3.8, 4) is 5.75 Å². The van der Waals surface area contributed by atoms with Gasteiger partial charge < -0.3 is 20.9 Å². The van der Waals surface area contributed by atoms with Crippen molar-refractivity contribution >= 4 is 23.3 Å². The number of nitrogens with zero attached hydrogens (tertiary/aromatic N) is 2. The molecule has 0 saturated heterocycles. The summed E-state index contributed by atoms with van der Waals surface area (Å²) in [5, 5.41) is 3.09. The number of rotatable bonds is 9. The maximum Gasteiger partial charge on any atom is 0.231 e. The van der Waals surface area contributed by atoms with Crippen LogP contribution in [0, 0.1) is 0 Å². The monoisotopic (exact) mass is 317 g/mol. The summed E-state index contributed by atoms with van der Waals surface area (Å²) in [5.41, 5.74) is 5.76. The predicted octanol–water partition coefficient (Wildman–Crippen LogP) is 2.36. The van der Waals surface area contributed by atoms with E-state index in [1.54, 1.807) is 6.07 Å². The van der Waals surface area contributed by atoms with Crippen molar-refractivity contribution in [1.29, 1.82) is 0 Å². The molecule has 0 fully saturated rings. The first-order chi connectivity index (χ1) is 11.2. The molecule has 0 saturated carbocycles. The fourth-order valence-electron chi connectivity index (χ4n) is 1.96. The van der Waals surface area contributed by atoms with Crippen molar-refractivity contribution in [1.82, 2.24) is 9.97 Å². The fourth-order valence-corrected chi connectivity index (χ4v) is 1.96. The van der Waals surface area contributed by atoms with E-state index in [0.717, 1.165) is 24.5 Å². The molecule has 0 amide bonds. The minimum absolute atomic E-state index is 0.380. The van der Waals surface area contributed by atoms with Crippen LogP contribution < -0.4 is 32.6 Å². The van der Waals surface area contributed by atoms with Crippen molar-refractivity contribution in [2.45, 2.75) is 26.2 Å². The van der Waals surface area contributed by atoms with Crippen molar-refractivity contribution in [2.24, 2.45) is 11.7 Å². The molecule has 0 aliphatic rings. The molecule has 8 heteroatoms. The topological polar surface area (TPSA) is 123 Å². The van der Waals surface area contributed by atoms with E-state index in [0.29, 0.717) is 17.6 Å². The van der Waals surface area contributed by atoms with Crippen LogP contribution in [-0.2, 0) is 0 Å². The summed E-state index contributed by atoms with van der Waals surface area (Å²) in [6, 6.07) is 9.20. The Labute approximate surface area is 135 Å². The van der Waals surface area contributed by atoms with Crippen molar-refractivity contribution in [2.75, 3.05) is 22.8 Å². The number of benzene rings is 1. The van der Waals surface area contributed by atoms with Gasteiger partial charge in [-0.15, -0.1) is 0 Å². The van der Waals surface area contributed by atoms with E-state index in [1.165, 1.54) is 12.8 Å². The Kier molecular flexibility index (Phi) is 6.40. The number of hydrogen-bond donors (Lipinski definition) is 5. The highest BCUT2D eigenvalue weighted by Crippen LogP contribution is 2.20. The smallest absolute Gasteiger partial charge is 0.231 e. The number of nitrogen functional groups attached to an aromatic ring is 2. The zero-order valence-corrected chi connectivity index (χ0v) is 13.2. The lowest BCUT2D eigenvalue weighted by Gasteiger charge is -2.10. The number of ether oxygens (including phenoxy) is 1. The Morgan fingerprint density at radius 2 is 1.65 bits per heavy atom. The second kappa shape index (κ2) is 8.76. The molecule has 0 aliphatic heterocycles. The maximum atomic E-state index is 5.67. The van der Waals surface area contributed by atoms with Gasteiger partial charge in [0.2, 0.25) is 5.95 Å². The maximum absolute atomic E-state index is 5.67. The molecule has 7 N–H and O–H groups in total. The van der Waals surface area contributed by atoms with Gasteiger partial charge in [0.25, 0.3) is 0 Å². The molecule has 0 aliphatic carbocycles. The van der Waals surface area contributed by atoms with E-state index in [-0.39, 0.29) is 0 Å². The first-order valence-corrected chi connectivity index (χ1v) is 7.57. The van der Waals surface area contributed by atoms with E-state index in [1.807, 2.05) is 24.3 Å². The molecule has 1 aromatic carbocycles. The number of unbranched alkanes of at least 4 members (excludes halogenated alkanes) is 2. The van der Waals surface area contributed by atoms with Crippen LogP contribution in [0.2, 0.25) is 0 Å². The Bertz CT molecular complexity index is 581. The van der Waals surface area contributed by atoms with Crippen LogP contribution in [0.3, 0.4) is 0 Å². The summed E-state index contributed by atoms with van der Waals surface area (Å²) in [6.45, 7) is 2.91. The summed E-state index contributed by atoms with van der Waals surface area (Å²) < 4.78 is 5.67. The van der Waals surface area contributed by atoms with E-state index in [2.05, 4.69) is 33.1 Å². The molecule has 1 aromatic heterocycles. The molecule has 8 nitrogen and oxygen atoms in total. The number of hydrogen-bond acceptors (Lipinski definition) is 8. The van der Waals surface area contributed by atoms with E-state index < -0.39 is 0 Å². The van der Waals surface area contributed by atoms with Crippen molar-refractivity contribution in [3.05, 3.63) is 30.3 Å². The minimum atomic E-state index is 0.380. The average molecular weight is 317 g/mol. The highest BCUT2D eigenvalue weighted by molar-refractivity contribution is 5.59. The third-order valence-corrected chi connectivity index (χ3v) is 3.15. The van der Waals surface area contributed by atoms with Crippen LogP contribution in [-0.4, -0.2) is 16.6 Å². The van der Waals surface area contributed by atoms with Crippen LogP contribution in [0.25, 0.3) is 0 Å². The second-order valence-corrected chi connectivity index (χ2v) is 4.96. The summed E-state index contributed by atoms with van der Waals surface area (Å²) >= 11 is 0. The van der Waals surface area contributed by atoms with Gasteiger partial charge in [-0.3, -0.25) is 0 Å². The quantitative estimate of drug-likeness (QED) is 0.271.